The summed E-state index contributed by atoms with van der Waals surface area (Å²) in [5.41, 5.74) is 1.71. The lowest BCUT2D eigenvalue weighted by Gasteiger charge is -1.89. The van der Waals surface area contributed by atoms with Crippen LogP contribution in [0.4, 0.5) is 0 Å². The summed E-state index contributed by atoms with van der Waals surface area (Å²) in [7, 11) is 0. The molecule has 1 aromatic rings. The number of aromatic nitrogens is 1. The van der Waals surface area contributed by atoms with Gasteiger partial charge in [-0.15, -0.1) is 0 Å². The summed E-state index contributed by atoms with van der Waals surface area (Å²) >= 11 is 1.22. The fraction of sp³-hybridized carbons (Fsp3) is 0.286. The van der Waals surface area contributed by atoms with Crippen molar-refractivity contribution >= 4 is 16.9 Å². The molecule has 0 spiro atoms. The van der Waals surface area contributed by atoms with E-state index < -0.39 is 0 Å². The first kappa shape index (κ1) is 7.41. The molecule has 1 N–H and O–H groups in total. The number of thioether (sulfide) groups is 1. The van der Waals surface area contributed by atoms with Crippen molar-refractivity contribution in [3.05, 3.63) is 23.5 Å². The summed E-state index contributed by atoms with van der Waals surface area (Å²) in [5, 5.41) is 0.0908. The van der Waals surface area contributed by atoms with Crippen molar-refractivity contribution in [2.24, 2.45) is 0 Å². The van der Waals surface area contributed by atoms with Gasteiger partial charge in [-0.1, -0.05) is 11.8 Å². The highest BCUT2D eigenvalue weighted by Crippen LogP contribution is 2.07. The Hall–Kier alpha value is -0.700. The van der Waals surface area contributed by atoms with Gasteiger partial charge in [0.1, 0.15) is 0 Å². The van der Waals surface area contributed by atoms with E-state index in [9.17, 15) is 4.79 Å². The molecule has 2 nitrogen and oxygen atoms in total. The van der Waals surface area contributed by atoms with E-state index in [1.165, 1.54) is 11.8 Å². The fourth-order valence-electron chi connectivity index (χ4n) is 0.733. The number of H-pyrrole nitrogens is 1. The molecule has 10 heavy (non-hydrogen) atoms. The highest BCUT2D eigenvalue weighted by atomic mass is 32.2. The number of aromatic amines is 1. The number of rotatable bonds is 1. The van der Waals surface area contributed by atoms with Crippen LogP contribution >= 0.6 is 11.8 Å². The third-order valence-electron chi connectivity index (χ3n) is 1.24. The molecule has 0 aliphatic rings. The Morgan fingerprint density at radius 1 is 1.60 bits per heavy atom. The molecule has 0 unspecified atom stereocenters. The molecule has 54 valence electrons. The number of hydrogen-bond acceptors (Lipinski definition) is 2. The third-order valence-corrected chi connectivity index (χ3v) is 1.83. The van der Waals surface area contributed by atoms with E-state index in [1.807, 2.05) is 13.0 Å². The lowest BCUT2D eigenvalue weighted by atomic mass is 10.4. The molecule has 0 bridgehead atoms. The molecule has 3 heteroatoms. The largest absolute Gasteiger partial charge is 0.356 e. The second-order valence-corrected chi connectivity index (χ2v) is 2.83. The molecular weight excluding hydrogens is 146 g/mol. The van der Waals surface area contributed by atoms with E-state index >= 15 is 0 Å². The van der Waals surface area contributed by atoms with Crippen LogP contribution in [0.2, 0.25) is 0 Å². The molecule has 0 amide bonds. The molecule has 0 radical (unpaired) electrons. The van der Waals surface area contributed by atoms with Gasteiger partial charge < -0.3 is 4.98 Å². The van der Waals surface area contributed by atoms with Gasteiger partial charge in [0.15, 0.2) is 0 Å². The van der Waals surface area contributed by atoms with Gasteiger partial charge in [-0.2, -0.15) is 0 Å². The SMILES string of the molecule is CSC(=O)c1ccc(C)[nH]1. The first-order chi connectivity index (χ1) is 4.74. The predicted octanol–water partition coefficient (Wildman–Crippen LogP) is 1.83. The van der Waals surface area contributed by atoms with E-state index in [4.69, 9.17) is 0 Å². The maximum absolute atomic E-state index is 11.0. The number of aryl methyl sites for hydroxylation is 1. The standard InChI is InChI=1S/C7H9NOS/c1-5-3-4-6(8-5)7(9)10-2/h3-4,8H,1-2H3. The van der Waals surface area contributed by atoms with Crippen LogP contribution in [0.15, 0.2) is 12.1 Å². The Morgan fingerprint density at radius 3 is 2.70 bits per heavy atom. The summed E-state index contributed by atoms with van der Waals surface area (Å²) in [6.07, 6.45) is 1.78. The Morgan fingerprint density at radius 2 is 2.30 bits per heavy atom. The van der Waals surface area contributed by atoms with Gasteiger partial charge in [0, 0.05) is 5.69 Å². The zero-order chi connectivity index (χ0) is 7.56. The predicted molar refractivity (Wildman–Crippen MR) is 43.4 cm³/mol. The van der Waals surface area contributed by atoms with Crippen molar-refractivity contribution in [2.45, 2.75) is 6.92 Å². The average Bonchev–Trinajstić information content (AvgIpc) is 2.34. The molecule has 0 aliphatic heterocycles. The van der Waals surface area contributed by atoms with Crippen LogP contribution in [0, 0.1) is 6.92 Å². The minimum Gasteiger partial charge on any atom is -0.356 e. The molecule has 0 aromatic carbocycles. The molecule has 0 saturated heterocycles. The molecular formula is C7H9NOS. The molecule has 0 aliphatic carbocycles. The van der Waals surface area contributed by atoms with Crippen LogP contribution in [0.25, 0.3) is 0 Å². The van der Waals surface area contributed by atoms with Gasteiger partial charge in [-0.05, 0) is 25.3 Å². The van der Waals surface area contributed by atoms with Crippen molar-refractivity contribution in [2.75, 3.05) is 6.26 Å². The number of carbonyl (C=O) groups excluding carboxylic acids is 1. The smallest absolute Gasteiger partial charge is 0.235 e. The van der Waals surface area contributed by atoms with Crippen molar-refractivity contribution < 1.29 is 4.79 Å². The van der Waals surface area contributed by atoms with Crippen LogP contribution in [-0.2, 0) is 0 Å². The van der Waals surface area contributed by atoms with E-state index in [2.05, 4.69) is 4.98 Å². The van der Waals surface area contributed by atoms with E-state index in [0.29, 0.717) is 5.69 Å². The van der Waals surface area contributed by atoms with Crippen molar-refractivity contribution in [1.82, 2.24) is 4.98 Å². The van der Waals surface area contributed by atoms with Crippen molar-refractivity contribution in [3.8, 4) is 0 Å². The van der Waals surface area contributed by atoms with Crippen LogP contribution < -0.4 is 0 Å². The van der Waals surface area contributed by atoms with Gasteiger partial charge in [0.2, 0.25) is 5.12 Å². The minimum atomic E-state index is 0.0908. The van der Waals surface area contributed by atoms with Crippen LogP contribution in [0.3, 0.4) is 0 Å². The molecule has 0 atom stereocenters. The molecule has 0 saturated carbocycles. The minimum absolute atomic E-state index is 0.0908. The number of carbonyl (C=O) groups is 1. The van der Waals surface area contributed by atoms with Crippen LogP contribution in [-0.4, -0.2) is 16.4 Å². The van der Waals surface area contributed by atoms with Gasteiger partial charge in [-0.25, -0.2) is 0 Å². The summed E-state index contributed by atoms with van der Waals surface area (Å²) in [6, 6.07) is 3.69. The Labute approximate surface area is 64.0 Å². The molecule has 1 rings (SSSR count). The highest BCUT2D eigenvalue weighted by Gasteiger charge is 2.03. The highest BCUT2D eigenvalue weighted by molar-refractivity contribution is 8.13. The lowest BCUT2D eigenvalue weighted by Crippen LogP contribution is -1.91. The van der Waals surface area contributed by atoms with Gasteiger partial charge in [0.05, 0.1) is 5.69 Å². The Kier molecular flexibility index (Phi) is 2.17. The maximum atomic E-state index is 11.0. The Bertz CT molecular complexity index is 242. The maximum Gasteiger partial charge on any atom is 0.235 e. The second kappa shape index (κ2) is 2.92. The first-order valence-corrected chi connectivity index (χ1v) is 4.20. The summed E-state index contributed by atoms with van der Waals surface area (Å²) in [4.78, 5) is 13.9. The van der Waals surface area contributed by atoms with E-state index in [1.54, 1.807) is 12.3 Å². The lowest BCUT2D eigenvalue weighted by molar-refractivity contribution is 0.108. The third kappa shape index (κ3) is 1.42. The average molecular weight is 155 g/mol. The second-order valence-electron chi connectivity index (χ2n) is 2.05. The van der Waals surface area contributed by atoms with Crippen molar-refractivity contribution in [3.63, 3.8) is 0 Å². The van der Waals surface area contributed by atoms with Crippen molar-refractivity contribution in [1.29, 1.82) is 0 Å². The molecule has 1 heterocycles. The quantitative estimate of drug-likeness (QED) is 0.671. The summed E-state index contributed by atoms with van der Waals surface area (Å²) in [6.45, 7) is 1.93. The topological polar surface area (TPSA) is 32.9 Å². The van der Waals surface area contributed by atoms with Gasteiger partial charge in [0.25, 0.3) is 0 Å². The van der Waals surface area contributed by atoms with Crippen LogP contribution in [0.1, 0.15) is 16.2 Å². The number of nitrogens with one attached hydrogen (secondary N) is 1. The van der Waals surface area contributed by atoms with E-state index in [0.717, 1.165) is 5.69 Å². The number of hydrogen-bond donors (Lipinski definition) is 1. The monoisotopic (exact) mass is 155 g/mol. The van der Waals surface area contributed by atoms with Crippen LogP contribution in [0.5, 0.6) is 0 Å². The first-order valence-electron chi connectivity index (χ1n) is 2.98. The fourth-order valence-corrected chi connectivity index (χ4v) is 1.07. The van der Waals surface area contributed by atoms with E-state index in [-0.39, 0.29) is 5.12 Å². The summed E-state index contributed by atoms with van der Waals surface area (Å²) in [5.74, 6) is 0. The summed E-state index contributed by atoms with van der Waals surface area (Å²) < 4.78 is 0. The molecule has 0 fully saturated rings. The van der Waals surface area contributed by atoms with Gasteiger partial charge >= 0.3 is 0 Å². The Balaban J connectivity index is 2.85. The zero-order valence-corrected chi connectivity index (χ0v) is 6.79. The normalized spacial score (nSPS) is 9.80. The van der Waals surface area contributed by atoms with Gasteiger partial charge in [-0.3, -0.25) is 4.79 Å². The molecule has 1 aromatic heterocycles. The zero-order valence-electron chi connectivity index (χ0n) is 5.97.